The molecule has 2 heterocycles. The third-order valence-corrected chi connectivity index (χ3v) is 6.48. The Morgan fingerprint density at radius 3 is 2.61 bits per heavy atom. The molecule has 0 fully saturated rings. The van der Waals surface area contributed by atoms with Gasteiger partial charge in [-0.15, -0.1) is 11.3 Å². The smallest absolute Gasteiger partial charge is 0.193 e. The van der Waals surface area contributed by atoms with Crippen LogP contribution in [0.15, 0.2) is 59.2 Å². The van der Waals surface area contributed by atoms with Crippen molar-refractivity contribution < 1.29 is 14.7 Å². The summed E-state index contributed by atoms with van der Waals surface area (Å²) in [6.07, 6.45) is 5.41. The Hall–Kier alpha value is -2.20. The zero-order valence-corrected chi connectivity index (χ0v) is 18.9. The number of hydrogen-bond acceptors (Lipinski definition) is 6. The first-order valence-corrected chi connectivity index (χ1v) is 10.9. The summed E-state index contributed by atoms with van der Waals surface area (Å²) in [6.45, 7) is 1.16. The highest BCUT2D eigenvalue weighted by atomic mass is 35.5. The Bertz CT molecular complexity index is 1120. The summed E-state index contributed by atoms with van der Waals surface area (Å²) in [7, 11) is 0. The first kappa shape index (κ1) is 23.5. The van der Waals surface area contributed by atoms with Gasteiger partial charge in [-0.2, -0.15) is 0 Å². The van der Waals surface area contributed by atoms with Crippen molar-refractivity contribution in [2.75, 3.05) is 6.54 Å². The van der Waals surface area contributed by atoms with E-state index >= 15 is 0 Å². The Morgan fingerprint density at radius 2 is 1.94 bits per heavy atom. The van der Waals surface area contributed by atoms with Gasteiger partial charge in [-0.3, -0.25) is 4.90 Å². The van der Waals surface area contributed by atoms with Gasteiger partial charge >= 0.3 is 0 Å². The largest absolute Gasteiger partial charge is 0.363 e. The second-order valence-electron chi connectivity index (χ2n) is 6.44. The first-order valence-electron chi connectivity index (χ1n) is 8.93. The molecule has 0 radical (unpaired) electrons. The van der Waals surface area contributed by atoms with Crippen LogP contribution in [-0.2, 0) is 11.3 Å². The molecule has 11 heteroatoms. The molecule has 0 amide bonds. The molecule has 2 aromatic carbocycles. The third-order valence-electron chi connectivity index (χ3n) is 4.42. The van der Waals surface area contributed by atoms with Crippen molar-refractivity contribution in [3.63, 3.8) is 0 Å². The Kier molecular flexibility index (Phi) is 8.25. The molecule has 1 aliphatic rings. The minimum absolute atomic E-state index is 0.201. The fraction of sp³-hybridized carbons (Fsp3) is 0.150. The molecule has 0 spiro atoms. The van der Waals surface area contributed by atoms with Gasteiger partial charge in [-0.25, -0.2) is 4.99 Å². The normalized spacial score (nSPS) is 15.6. The lowest BCUT2D eigenvalue weighted by atomic mass is 10.1. The summed E-state index contributed by atoms with van der Waals surface area (Å²) >= 11 is 20.4. The van der Waals surface area contributed by atoms with Gasteiger partial charge in [-0.1, -0.05) is 53.0 Å². The fourth-order valence-corrected chi connectivity index (χ4v) is 4.85. The molecular formula is C20H16Cl3N3O4S. The van der Waals surface area contributed by atoms with Crippen molar-refractivity contribution in [3.8, 4) is 0 Å². The average Bonchev–Trinajstić information content (AvgIpc) is 3.35. The topological polar surface area (TPSA) is 92.2 Å². The summed E-state index contributed by atoms with van der Waals surface area (Å²) in [5.74, 6) is 0. The summed E-state index contributed by atoms with van der Waals surface area (Å²) in [5, 5.41) is 20.0. The Balaban J connectivity index is 0.000000628. The van der Waals surface area contributed by atoms with Crippen molar-refractivity contribution in [3.05, 3.63) is 95.7 Å². The lowest BCUT2D eigenvalue weighted by Crippen LogP contribution is -3.06. The van der Waals surface area contributed by atoms with E-state index < -0.39 is 5.09 Å². The molecule has 3 aromatic rings. The molecule has 0 saturated carbocycles. The van der Waals surface area contributed by atoms with E-state index in [1.54, 1.807) is 23.6 Å². The maximum absolute atomic E-state index is 8.25. The summed E-state index contributed by atoms with van der Waals surface area (Å²) in [6, 6.07) is 11.4. The number of nitrogens with one attached hydrogen (secondary N) is 1. The van der Waals surface area contributed by atoms with Crippen LogP contribution in [0.5, 0.6) is 0 Å². The minimum atomic E-state index is -1.75. The van der Waals surface area contributed by atoms with Crippen LogP contribution >= 0.6 is 46.1 Å². The first-order chi connectivity index (χ1) is 14.8. The van der Waals surface area contributed by atoms with Gasteiger partial charge in [0.05, 0.1) is 27.6 Å². The lowest BCUT2D eigenvalue weighted by Gasteiger charge is -2.20. The van der Waals surface area contributed by atoms with Gasteiger partial charge in [0.25, 0.3) is 0 Å². The molecule has 1 N–H and O–H groups in total. The van der Waals surface area contributed by atoms with E-state index in [2.05, 4.69) is 16.4 Å². The highest BCUT2D eigenvalue weighted by Gasteiger charge is 2.22. The van der Waals surface area contributed by atoms with E-state index in [0.717, 1.165) is 31.1 Å². The number of nitrogens with zero attached hydrogens (tertiary/aromatic N) is 2. The molecule has 4 rings (SSSR count). The van der Waals surface area contributed by atoms with Crippen LogP contribution in [0.1, 0.15) is 17.2 Å². The van der Waals surface area contributed by atoms with Crippen molar-refractivity contribution in [2.24, 2.45) is 4.99 Å². The van der Waals surface area contributed by atoms with Crippen LogP contribution in [-0.4, -0.2) is 18.0 Å². The predicted octanol–water partition coefficient (Wildman–Crippen LogP) is 5.28. The monoisotopic (exact) mass is 499 g/mol. The van der Waals surface area contributed by atoms with E-state index in [0.29, 0.717) is 23.2 Å². The Labute approximate surface area is 196 Å². The second-order valence-corrected chi connectivity index (χ2v) is 8.57. The molecular weight excluding hydrogens is 485 g/mol. The molecule has 0 saturated heterocycles. The van der Waals surface area contributed by atoms with E-state index in [1.807, 2.05) is 36.8 Å². The van der Waals surface area contributed by atoms with E-state index in [9.17, 15) is 0 Å². The molecule has 2 unspecified atom stereocenters. The number of thiophene rings is 1. The van der Waals surface area contributed by atoms with Crippen LogP contribution in [0.4, 0.5) is 0 Å². The fourth-order valence-electron chi connectivity index (χ4n) is 3.05. The summed E-state index contributed by atoms with van der Waals surface area (Å²) in [5.41, 5.74) is 2.04. The van der Waals surface area contributed by atoms with Gasteiger partial charge in [0.2, 0.25) is 0 Å². The molecule has 7 nitrogen and oxygen atoms in total. The van der Waals surface area contributed by atoms with Crippen LogP contribution in [0.25, 0.3) is 10.1 Å². The molecule has 0 aliphatic carbocycles. The average molecular weight is 501 g/mol. The number of benzene rings is 2. The van der Waals surface area contributed by atoms with Gasteiger partial charge in [0.1, 0.15) is 18.8 Å². The van der Waals surface area contributed by atoms with Crippen molar-refractivity contribution in [2.45, 2.75) is 12.7 Å². The SMILES string of the molecule is Clc1ccc(C(C[NH+]2C=CN=C2)OCc2csc3c(Cl)cccc23)c(Cl)c1.O=[N+]([O-])[O-]. The number of ether oxygens (including phenoxy) is 1. The molecule has 1 aromatic heterocycles. The van der Waals surface area contributed by atoms with Crippen LogP contribution in [0.3, 0.4) is 0 Å². The number of halogens is 3. The minimum Gasteiger partial charge on any atom is -0.363 e. The van der Waals surface area contributed by atoms with E-state index in [4.69, 9.17) is 54.9 Å². The zero-order valence-electron chi connectivity index (χ0n) is 15.8. The van der Waals surface area contributed by atoms with Crippen molar-refractivity contribution in [1.29, 1.82) is 0 Å². The number of hydrogen-bond donors (Lipinski definition) is 1. The quantitative estimate of drug-likeness (QED) is 0.368. The molecule has 1 aliphatic heterocycles. The van der Waals surface area contributed by atoms with Crippen molar-refractivity contribution >= 4 is 62.6 Å². The van der Waals surface area contributed by atoms with Crippen LogP contribution in [0, 0.1) is 15.3 Å². The van der Waals surface area contributed by atoms with Crippen molar-refractivity contribution in [1.82, 2.24) is 0 Å². The summed E-state index contributed by atoms with van der Waals surface area (Å²) < 4.78 is 7.41. The highest BCUT2D eigenvalue weighted by molar-refractivity contribution is 7.18. The van der Waals surface area contributed by atoms with Gasteiger partial charge in [0, 0.05) is 15.6 Å². The molecule has 31 heavy (non-hydrogen) atoms. The highest BCUT2D eigenvalue weighted by Crippen LogP contribution is 2.34. The van der Waals surface area contributed by atoms with E-state index in [1.165, 1.54) is 0 Å². The standard InChI is InChI=1S/C20H15Cl3N2OS.NO3/c21-14-4-5-16(18(23)8-14)19(9-25-7-6-24-12-25)26-10-13-11-27-20-15(13)2-1-3-17(20)22;2-1(3)4/h1-8,11-12,19H,9-10H2;/q;-1/p+1. The molecule has 0 bridgehead atoms. The van der Waals surface area contributed by atoms with E-state index in [-0.39, 0.29) is 6.10 Å². The zero-order chi connectivity index (χ0) is 22.4. The Morgan fingerprint density at radius 1 is 1.16 bits per heavy atom. The number of aliphatic imine (C=N–C) groups is 1. The lowest BCUT2D eigenvalue weighted by molar-refractivity contribution is -0.742. The number of quaternary nitrogens is 1. The maximum atomic E-state index is 8.25. The van der Waals surface area contributed by atoms with Gasteiger partial charge in [0.15, 0.2) is 6.34 Å². The van der Waals surface area contributed by atoms with Crippen LogP contribution < -0.4 is 4.90 Å². The number of rotatable bonds is 6. The maximum Gasteiger partial charge on any atom is 0.193 e. The predicted molar refractivity (Wildman–Crippen MR) is 125 cm³/mol. The van der Waals surface area contributed by atoms with Gasteiger partial charge in [-0.05, 0) is 34.5 Å². The van der Waals surface area contributed by atoms with Crippen LogP contribution in [0.2, 0.25) is 15.1 Å². The van der Waals surface area contributed by atoms with Gasteiger partial charge < -0.3 is 20.1 Å². The third kappa shape index (κ3) is 6.39. The second kappa shape index (κ2) is 10.9. The molecule has 2 atom stereocenters. The number of fused-ring (bicyclic) bond motifs is 1. The summed E-state index contributed by atoms with van der Waals surface area (Å²) in [4.78, 5) is 13.5. The molecule has 162 valence electrons.